The summed E-state index contributed by atoms with van der Waals surface area (Å²) in [4.78, 5) is 27.0. The van der Waals surface area contributed by atoms with Gasteiger partial charge in [-0.1, -0.05) is 42.0 Å². The van der Waals surface area contributed by atoms with Crippen LogP contribution in [0.25, 0.3) is 22.1 Å². The number of benzene rings is 2. The fourth-order valence-corrected chi connectivity index (χ4v) is 7.05. The van der Waals surface area contributed by atoms with Gasteiger partial charge >= 0.3 is 0 Å². The maximum absolute atomic E-state index is 13.1. The van der Waals surface area contributed by atoms with Crippen molar-refractivity contribution < 1.29 is 19.0 Å². The number of nitrogens with zero attached hydrogens (tertiary/aromatic N) is 5. The summed E-state index contributed by atoms with van der Waals surface area (Å²) < 4.78 is 23.0. The van der Waals surface area contributed by atoms with E-state index in [0.29, 0.717) is 17.0 Å². The van der Waals surface area contributed by atoms with E-state index < -0.39 is 30.3 Å². The second-order valence-corrected chi connectivity index (χ2v) is 13.8. The molecule has 0 radical (unpaired) electrons. The molecule has 11 nitrogen and oxygen atoms in total. The molecule has 0 bridgehead atoms. The lowest BCUT2D eigenvalue weighted by molar-refractivity contribution is -0.197. The molecular weight excluding hydrogens is 594 g/mol. The minimum absolute atomic E-state index is 0.0492. The molecule has 244 valence electrons. The second-order valence-electron chi connectivity index (χ2n) is 13.8. The molecule has 3 aliphatic rings. The molecule has 3 aromatic heterocycles. The van der Waals surface area contributed by atoms with Crippen molar-refractivity contribution in [1.29, 1.82) is 0 Å². The molecule has 2 saturated heterocycles. The van der Waals surface area contributed by atoms with E-state index in [1.54, 1.807) is 6.33 Å². The highest BCUT2D eigenvalue weighted by Gasteiger charge is 2.58. The Balaban J connectivity index is 1.04. The highest BCUT2D eigenvalue weighted by atomic mass is 16.8. The number of aryl methyl sites for hydroxylation is 2. The number of carbonyl (C=O) groups excluding carboxylic acids is 1. The number of fused-ring (bicyclic) bond motifs is 3. The third-order valence-electron chi connectivity index (χ3n) is 9.47. The minimum atomic E-state index is -0.842. The van der Waals surface area contributed by atoms with Crippen LogP contribution in [-0.2, 0) is 32.0 Å². The molecule has 2 N–H and O–H groups in total. The number of hydrogen-bond donors (Lipinski definition) is 2. The van der Waals surface area contributed by atoms with Crippen LogP contribution in [0.1, 0.15) is 62.1 Å². The van der Waals surface area contributed by atoms with E-state index in [-0.39, 0.29) is 18.0 Å². The minimum Gasteiger partial charge on any atom is -0.365 e. The molecule has 3 fully saturated rings. The molecule has 2 aliphatic heterocycles. The SMILES string of the molecule is Cc1ccc(C)c(Cn2cc(CC(C)Nc3ncnc4c3ncn4[C@@H]3O[C@H](C(=O)NC4CC4)[C@H]4OC(C)(C)O[C@H]43)c3ccccc32)c1. The first kappa shape index (κ1) is 30.0. The Morgan fingerprint density at radius 1 is 1.04 bits per heavy atom. The normalized spacial score (nSPS) is 24.1. The molecule has 1 amide bonds. The van der Waals surface area contributed by atoms with Crippen molar-refractivity contribution in [1.82, 2.24) is 29.4 Å². The van der Waals surface area contributed by atoms with Gasteiger partial charge in [0, 0.05) is 35.7 Å². The quantitative estimate of drug-likeness (QED) is 0.228. The number of imidazole rings is 1. The Labute approximate surface area is 273 Å². The van der Waals surface area contributed by atoms with Gasteiger partial charge in [-0.2, -0.15) is 0 Å². The molecule has 0 spiro atoms. The van der Waals surface area contributed by atoms with Gasteiger partial charge < -0.3 is 29.4 Å². The lowest BCUT2D eigenvalue weighted by Gasteiger charge is -2.24. The maximum Gasteiger partial charge on any atom is 0.252 e. The maximum atomic E-state index is 13.1. The molecule has 8 rings (SSSR count). The number of rotatable bonds is 9. The van der Waals surface area contributed by atoms with Crippen LogP contribution < -0.4 is 10.6 Å². The van der Waals surface area contributed by atoms with Crippen molar-refractivity contribution >= 4 is 33.8 Å². The Morgan fingerprint density at radius 3 is 2.68 bits per heavy atom. The van der Waals surface area contributed by atoms with Crippen molar-refractivity contribution in [2.75, 3.05) is 5.32 Å². The summed E-state index contributed by atoms with van der Waals surface area (Å²) in [6, 6.07) is 15.5. The average Bonchev–Trinajstić information content (AvgIpc) is 3.33. The van der Waals surface area contributed by atoms with E-state index in [9.17, 15) is 4.79 Å². The highest BCUT2D eigenvalue weighted by Crippen LogP contribution is 2.44. The van der Waals surface area contributed by atoms with E-state index in [1.807, 2.05) is 18.4 Å². The van der Waals surface area contributed by atoms with Crippen LogP contribution in [0.5, 0.6) is 0 Å². The van der Waals surface area contributed by atoms with E-state index >= 15 is 0 Å². The lowest BCUT2D eigenvalue weighted by atomic mass is 10.1. The lowest BCUT2D eigenvalue weighted by Crippen LogP contribution is -2.43. The van der Waals surface area contributed by atoms with E-state index in [1.165, 1.54) is 39.5 Å². The van der Waals surface area contributed by atoms with Crippen LogP contribution in [-0.4, -0.2) is 66.2 Å². The summed E-state index contributed by atoms with van der Waals surface area (Å²) in [5, 5.41) is 7.90. The molecule has 47 heavy (non-hydrogen) atoms. The van der Waals surface area contributed by atoms with Gasteiger partial charge in [-0.05, 0) is 76.6 Å². The summed E-state index contributed by atoms with van der Waals surface area (Å²) in [7, 11) is 0. The van der Waals surface area contributed by atoms with Crippen LogP contribution >= 0.6 is 0 Å². The molecule has 1 saturated carbocycles. The van der Waals surface area contributed by atoms with Gasteiger partial charge in [0.2, 0.25) is 0 Å². The summed E-state index contributed by atoms with van der Waals surface area (Å²) in [6.07, 6.45) is 5.82. The summed E-state index contributed by atoms with van der Waals surface area (Å²) in [6.45, 7) is 11.0. The van der Waals surface area contributed by atoms with Crippen molar-refractivity contribution in [2.24, 2.45) is 0 Å². The smallest absolute Gasteiger partial charge is 0.252 e. The Bertz CT molecular complexity index is 1980. The predicted molar refractivity (Wildman–Crippen MR) is 178 cm³/mol. The van der Waals surface area contributed by atoms with Gasteiger partial charge in [-0.15, -0.1) is 0 Å². The molecule has 1 aliphatic carbocycles. The van der Waals surface area contributed by atoms with Crippen molar-refractivity contribution in [3.63, 3.8) is 0 Å². The third-order valence-corrected chi connectivity index (χ3v) is 9.47. The number of para-hydroxylation sites is 1. The van der Waals surface area contributed by atoms with Gasteiger partial charge in [0.25, 0.3) is 5.91 Å². The first-order valence-electron chi connectivity index (χ1n) is 16.5. The van der Waals surface area contributed by atoms with Gasteiger partial charge in [-0.25, -0.2) is 15.0 Å². The summed E-state index contributed by atoms with van der Waals surface area (Å²) in [5.41, 5.74) is 7.60. The monoisotopic (exact) mass is 635 g/mol. The summed E-state index contributed by atoms with van der Waals surface area (Å²) in [5.74, 6) is -0.371. The number of ether oxygens (including phenoxy) is 3. The second kappa shape index (κ2) is 11.4. The zero-order chi connectivity index (χ0) is 32.4. The largest absolute Gasteiger partial charge is 0.365 e. The number of hydrogen-bond acceptors (Lipinski definition) is 8. The standard InChI is InChI=1S/C36H41N7O4/c1-20-10-11-21(2)23(14-20)16-42-17-24(26-8-6-7-9-27(26)42)15-22(3)40-32-28-33(38-18-37-32)43(19-39-28)35-31-29(46-36(4,5)47-31)30(45-35)34(44)41-25-12-13-25/h6-11,14,17-19,22,25,29-31,35H,12-13,15-16H2,1-5H3,(H,41,44)(H,37,38,40)/t22?,29-,30+,31-,35-/m1/s1. The third kappa shape index (κ3) is 5.66. The Kier molecular flexibility index (Phi) is 7.31. The number of anilines is 1. The van der Waals surface area contributed by atoms with Crippen LogP contribution in [0.4, 0.5) is 5.82 Å². The van der Waals surface area contributed by atoms with Crippen LogP contribution in [0.15, 0.2) is 61.3 Å². The van der Waals surface area contributed by atoms with Crippen LogP contribution in [0, 0.1) is 13.8 Å². The zero-order valence-corrected chi connectivity index (χ0v) is 27.4. The zero-order valence-electron chi connectivity index (χ0n) is 27.4. The highest BCUT2D eigenvalue weighted by molar-refractivity contribution is 5.85. The van der Waals surface area contributed by atoms with Crippen molar-refractivity contribution in [2.45, 2.75) is 103 Å². The molecule has 11 heteroatoms. The Morgan fingerprint density at radius 2 is 1.85 bits per heavy atom. The average molecular weight is 636 g/mol. The fraction of sp³-hybridized carbons (Fsp3) is 0.444. The van der Waals surface area contributed by atoms with Crippen LogP contribution in [0.3, 0.4) is 0 Å². The van der Waals surface area contributed by atoms with Gasteiger partial charge in [0.05, 0.1) is 6.33 Å². The van der Waals surface area contributed by atoms with Gasteiger partial charge in [-0.3, -0.25) is 9.36 Å². The number of aromatic nitrogens is 5. The van der Waals surface area contributed by atoms with E-state index in [0.717, 1.165) is 25.8 Å². The van der Waals surface area contributed by atoms with Gasteiger partial charge in [0.15, 0.2) is 35.1 Å². The predicted octanol–water partition coefficient (Wildman–Crippen LogP) is 5.19. The van der Waals surface area contributed by atoms with Crippen LogP contribution in [0.2, 0.25) is 0 Å². The Hall–Kier alpha value is -4.32. The molecule has 5 heterocycles. The van der Waals surface area contributed by atoms with Crippen molar-refractivity contribution in [3.05, 3.63) is 83.6 Å². The fourth-order valence-electron chi connectivity index (χ4n) is 7.05. The first-order valence-corrected chi connectivity index (χ1v) is 16.5. The van der Waals surface area contributed by atoms with Gasteiger partial charge in [0.1, 0.15) is 18.5 Å². The first-order chi connectivity index (χ1) is 22.6. The molecule has 5 atom stereocenters. The molecule has 5 aromatic rings. The molecule has 1 unspecified atom stereocenters. The summed E-state index contributed by atoms with van der Waals surface area (Å²) >= 11 is 0. The topological polar surface area (TPSA) is 117 Å². The molecular formula is C36H41N7O4. The number of carbonyl (C=O) groups is 1. The number of amides is 1. The van der Waals surface area contributed by atoms with Crippen molar-refractivity contribution in [3.8, 4) is 0 Å². The number of nitrogens with one attached hydrogen (secondary N) is 2. The molecule has 2 aromatic carbocycles. The van der Waals surface area contributed by atoms with E-state index in [2.05, 4.69) is 94.6 Å². The van der Waals surface area contributed by atoms with E-state index in [4.69, 9.17) is 19.2 Å².